The number of aliphatic carboxylic acids is 2. The topological polar surface area (TPSA) is 80.3 Å². The van der Waals surface area contributed by atoms with Gasteiger partial charge >= 0.3 is 0 Å². The van der Waals surface area contributed by atoms with E-state index in [1.54, 1.807) is 0 Å². The number of carbonyl (C=O) groups excluding carboxylic acids is 2. The second-order valence-electron chi connectivity index (χ2n) is 9.69. The van der Waals surface area contributed by atoms with Crippen molar-refractivity contribution in [2.45, 2.75) is 119 Å². The van der Waals surface area contributed by atoms with Gasteiger partial charge in [-0.1, -0.05) is 80.1 Å². The molecule has 0 rings (SSSR count). The van der Waals surface area contributed by atoms with E-state index in [2.05, 4.69) is 41.5 Å². The monoisotopic (exact) mass is 433 g/mol. The van der Waals surface area contributed by atoms with Gasteiger partial charge in [0.15, 0.2) is 0 Å². The van der Waals surface area contributed by atoms with E-state index in [0.717, 1.165) is 38.5 Å². The van der Waals surface area contributed by atoms with Gasteiger partial charge in [-0.25, -0.2) is 0 Å². The van der Waals surface area contributed by atoms with Gasteiger partial charge in [0.1, 0.15) is 0 Å². The molecule has 0 aromatic carbocycles. The largest absolute Gasteiger partial charge is 0.550 e. The Morgan fingerprint density at radius 1 is 0.556 bits per heavy atom. The van der Waals surface area contributed by atoms with E-state index in [1.807, 2.05) is 0 Å². The van der Waals surface area contributed by atoms with Crippen molar-refractivity contribution in [3.8, 4) is 0 Å². The fraction of sp³-hybridized carbons (Fsp3) is 0.909. The number of unbranched alkanes of at least 4 members (excludes halogenated alkanes) is 6. The van der Waals surface area contributed by atoms with Crippen LogP contribution in [0.4, 0.5) is 0 Å². The van der Waals surface area contributed by atoms with E-state index in [9.17, 15) is 19.8 Å². The summed E-state index contributed by atoms with van der Waals surface area (Å²) in [5.41, 5.74) is 0.822. The van der Waals surface area contributed by atoms with Crippen LogP contribution in [0, 0.1) is 10.8 Å². The second kappa shape index (κ2) is 17.6. The maximum atomic E-state index is 10.1. The summed E-state index contributed by atoms with van der Waals surface area (Å²) in [6.45, 7) is 13.4. The van der Waals surface area contributed by atoms with Gasteiger partial charge < -0.3 is 19.8 Å². The smallest absolute Gasteiger partial charge is 0.0414 e. The predicted octanol–water partition coefficient (Wildman–Crippen LogP) is 4.24. The summed E-state index contributed by atoms with van der Waals surface area (Å²) in [5.74, 6) is -1.84. The molecule has 4 nitrogen and oxygen atoms in total. The fourth-order valence-corrected chi connectivity index (χ4v) is 2.56. The molecule has 0 fully saturated rings. The number of hydrogen-bond donors (Lipinski definition) is 0. The van der Waals surface area contributed by atoms with Crippen LogP contribution in [0.3, 0.4) is 0 Å². The van der Waals surface area contributed by atoms with E-state index in [0.29, 0.717) is 10.8 Å². The quantitative estimate of drug-likeness (QED) is 0.340. The minimum absolute atomic E-state index is 0. The maximum absolute atomic E-state index is 10.1. The minimum atomic E-state index is -0.921. The molecule has 0 aliphatic carbocycles. The number of hydrogen-bond acceptors (Lipinski definition) is 4. The standard InChI is InChI=1S/2C11H22O2.Cu/c2*1-11(2,3)9-7-5-4-6-8-10(12)13;/h2*4-9H2,1-3H3,(H,12,13);/p-2. The first-order chi connectivity index (χ1) is 11.8. The van der Waals surface area contributed by atoms with E-state index in [4.69, 9.17) is 0 Å². The van der Waals surface area contributed by atoms with E-state index < -0.39 is 11.9 Å². The van der Waals surface area contributed by atoms with Crippen LogP contribution >= 0.6 is 0 Å². The number of carbonyl (C=O) groups is 2. The summed E-state index contributed by atoms with van der Waals surface area (Å²) in [6.07, 6.45) is 11.1. The summed E-state index contributed by atoms with van der Waals surface area (Å²) in [4.78, 5) is 20.2. The maximum Gasteiger partial charge on any atom is 0.0414 e. The first-order valence-electron chi connectivity index (χ1n) is 10.2. The fourth-order valence-electron chi connectivity index (χ4n) is 2.56. The Balaban J connectivity index is -0.000000411. The summed E-state index contributed by atoms with van der Waals surface area (Å²) in [6, 6.07) is 0. The average molecular weight is 434 g/mol. The minimum Gasteiger partial charge on any atom is -0.550 e. The first-order valence-corrected chi connectivity index (χ1v) is 10.2. The van der Waals surface area contributed by atoms with Crippen LogP contribution < -0.4 is 10.2 Å². The van der Waals surface area contributed by atoms with E-state index in [-0.39, 0.29) is 29.9 Å². The molecule has 0 aromatic rings. The molecule has 0 aliphatic heterocycles. The Hall–Kier alpha value is -0.541. The van der Waals surface area contributed by atoms with Crippen LogP contribution in [0.1, 0.15) is 119 Å². The molecule has 0 saturated heterocycles. The van der Waals surface area contributed by atoms with Crippen molar-refractivity contribution in [3.05, 3.63) is 0 Å². The van der Waals surface area contributed by atoms with Crippen LogP contribution in [0.15, 0.2) is 0 Å². The zero-order chi connectivity index (χ0) is 20.6. The third kappa shape index (κ3) is 37.0. The van der Waals surface area contributed by atoms with Crippen LogP contribution in [0.2, 0.25) is 0 Å². The Morgan fingerprint density at radius 3 is 1.04 bits per heavy atom. The molecule has 0 N–H and O–H groups in total. The zero-order valence-corrected chi connectivity index (χ0v) is 19.4. The molecule has 0 aliphatic rings. The molecule has 5 heteroatoms. The summed E-state index contributed by atoms with van der Waals surface area (Å²) in [5, 5.41) is 20.2. The molecule has 0 bridgehead atoms. The molecule has 27 heavy (non-hydrogen) atoms. The molecular weight excluding hydrogens is 392 g/mol. The molecule has 0 atom stereocenters. The third-order valence-corrected chi connectivity index (χ3v) is 4.12. The average Bonchev–Trinajstić information content (AvgIpc) is 2.44. The normalized spacial score (nSPS) is 11.2. The molecule has 0 spiro atoms. The molecule has 0 unspecified atom stereocenters. The van der Waals surface area contributed by atoms with Crippen LogP contribution in [0.5, 0.6) is 0 Å². The summed E-state index contributed by atoms with van der Waals surface area (Å²) >= 11 is 0. The molecule has 0 heterocycles. The second-order valence-corrected chi connectivity index (χ2v) is 9.69. The Labute approximate surface area is 178 Å². The van der Waals surface area contributed by atoms with Crippen LogP contribution in [-0.4, -0.2) is 11.9 Å². The van der Waals surface area contributed by atoms with Crippen molar-refractivity contribution >= 4 is 11.9 Å². The van der Waals surface area contributed by atoms with Crippen molar-refractivity contribution in [2.24, 2.45) is 10.8 Å². The van der Waals surface area contributed by atoms with Crippen molar-refractivity contribution in [1.29, 1.82) is 0 Å². The van der Waals surface area contributed by atoms with Crippen molar-refractivity contribution in [1.82, 2.24) is 0 Å². The third-order valence-electron chi connectivity index (χ3n) is 4.12. The van der Waals surface area contributed by atoms with Gasteiger partial charge in [0, 0.05) is 29.0 Å². The van der Waals surface area contributed by atoms with Crippen molar-refractivity contribution < 1.29 is 36.9 Å². The zero-order valence-electron chi connectivity index (χ0n) is 18.4. The van der Waals surface area contributed by atoms with Crippen LogP contribution in [0.25, 0.3) is 0 Å². The molecule has 0 aromatic heterocycles. The van der Waals surface area contributed by atoms with Gasteiger partial charge in [0.2, 0.25) is 0 Å². The number of carboxylic acids is 2. The van der Waals surface area contributed by atoms with Gasteiger partial charge in [0.05, 0.1) is 0 Å². The summed E-state index contributed by atoms with van der Waals surface area (Å²) in [7, 11) is 0. The van der Waals surface area contributed by atoms with Crippen molar-refractivity contribution in [3.63, 3.8) is 0 Å². The van der Waals surface area contributed by atoms with Gasteiger partial charge in [-0.15, -0.1) is 0 Å². The van der Waals surface area contributed by atoms with Gasteiger partial charge in [-0.2, -0.15) is 0 Å². The summed E-state index contributed by atoms with van der Waals surface area (Å²) < 4.78 is 0. The molecule has 0 saturated carbocycles. The van der Waals surface area contributed by atoms with Gasteiger partial charge in [-0.05, 0) is 49.4 Å². The molecular formula is C22H42CuO4-2. The van der Waals surface area contributed by atoms with Crippen molar-refractivity contribution in [2.75, 3.05) is 0 Å². The Kier molecular flexibility index (Phi) is 20.3. The predicted molar refractivity (Wildman–Crippen MR) is 104 cm³/mol. The SMILES string of the molecule is CC(C)(C)CCCCCCC(=O)[O-].CC(C)(C)CCCCCCC(=O)[O-].[Cu]. The molecule has 1 radical (unpaired) electrons. The molecule has 167 valence electrons. The van der Waals surface area contributed by atoms with Gasteiger partial charge in [-0.3, -0.25) is 0 Å². The number of rotatable bonds is 12. The van der Waals surface area contributed by atoms with E-state index >= 15 is 0 Å². The first kappa shape index (κ1) is 31.2. The Bertz CT molecular complexity index is 331. The number of carboxylic acid groups (broad SMARTS) is 2. The Morgan fingerprint density at radius 2 is 0.815 bits per heavy atom. The van der Waals surface area contributed by atoms with Crippen LogP contribution in [-0.2, 0) is 26.7 Å². The molecule has 0 amide bonds. The van der Waals surface area contributed by atoms with E-state index in [1.165, 1.54) is 25.7 Å². The van der Waals surface area contributed by atoms with Gasteiger partial charge in [0.25, 0.3) is 0 Å².